The number of anilines is 1. The average molecular weight is 253 g/mol. The fourth-order valence-electron chi connectivity index (χ4n) is 1.53. The molecule has 98 valence electrons. The van der Waals surface area contributed by atoms with E-state index in [1.807, 2.05) is 6.92 Å². The first-order chi connectivity index (χ1) is 8.58. The van der Waals surface area contributed by atoms with Crippen molar-refractivity contribution in [3.05, 3.63) is 30.1 Å². The lowest BCUT2D eigenvalue weighted by atomic mass is 10.0. The molecule has 0 aliphatic rings. The van der Waals surface area contributed by atoms with Crippen molar-refractivity contribution in [3.63, 3.8) is 0 Å². The number of benzene rings is 1. The summed E-state index contributed by atoms with van der Waals surface area (Å²) < 4.78 is 12.7. The first-order valence-electron chi connectivity index (χ1n) is 5.62. The number of amidine groups is 1. The molecular formula is C12H16FN3O2. The van der Waals surface area contributed by atoms with Gasteiger partial charge >= 0.3 is 0 Å². The third kappa shape index (κ3) is 3.73. The van der Waals surface area contributed by atoms with E-state index in [0.717, 1.165) is 6.42 Å². The predicted octanol–water partition coefficient (Wildman–Crippen LogP) is 1.93. The number of nitrogens with one attached hydrogen (secondary N) is 1. The van der Waals surface area contributed by atoms with Crippen LogP contribution in [0, 0.1) is 11.7 Å². The van der Waals surface area contributed by atoms with E-state index in [4.69, 9.17) is 10.9 Å². The number of oxime groups is 1. The maximum Gasteiger partial charge on any atom is 0.235 e. The summed E-state index contributed by atoms with van der Waals surface area (Å²) in [6.07, 6.45) is 1.20. The van der Waals surface area contributed by atoms with Crippen LogP contribution in [-0.4, -0.2) is 17.0 Å². The fourth-order valence-corrected chi connectivity index (χ4v) is 1.53. The van der Waals surface area contributed by atoms with Gasteiger partial charge in [0.05, 0.1) is 5.92 Å². The Bertz CT molecular complexity index is 431. The highest BCUT2D eigenvalue weighted by Gasteiger charge is 2.22. The second-order valence-electron chi connectivity index (χ2n) is 3.86. The maximum atomic E-state index is 12.7. The van der Waals surface area contributed by atoms with E-state index in [2.05, 4.69) is 10.5 Å². The predicted molar refractivity (Wildman–Crippen MR) is 66.8 cm³/mol. The second-order valence-corrected chi connectivity index (χ2v) is 3.86. The van der Waals surface area contributed by atoms with Gasteiger partial charge in [-0.2, -0.15) is 0 Å². The molecule has 5 nitrogen and oxygen atoms in total. The van der Waals surface area contributed by atoms with Crippen molar-refractivity contribution in [2.24, 2.45) is 16.8 Å². The molecule has 1 atom stereocenters. The van der Waals surface area contributed by atoms with Gasteiger partial charge < -0.3 is 16.3 Å². The minimum Gasteiger partial charge on any atom is -0.409 e. The SMILES string of the molecule is CCCC(C(=O)Nc1ccc(F)cc1)C(N)=NO. The summed E-state index contributed by atoms with van der Waals surface area (Å²) in [5, 5.41) is 14.1. The largest absolute Gasteiger partial charge is 0.409 e. The van der Waals surface area contributed by atoms with Crippen LogP contribution in [0.2, 0.25) is 0 Å². The molecule has 0 bridgehead atoms. The van der Waals surface area contributed by atoms with Gasteiger partial charge in [-0.05, 0) is 30.7 Å². The molecule has 0 heterocycles. The monoisotopic (exact) mass is 253 g/mol. The number of hydrogen-bond acceptors (Lipinski definition) is 3. The summed E-state index contributed by atoms with van der Waals surface area (Å²) in [6.45, 7) is 1.89. The number of carbonyl (C=O) groups is 1. The van der Waals surface area contributed by atoms with E-state index in [9.17, 15) is 9.18 Å². The highest BCUT2D eigenvalue weighted by Crippen LogP contribution is 2.13. The number of amides is 1. The normalized spacial score (nSPS) is 13.1. The summed E-state index contributed by atoms with van der Waals surface area (Å²) in [5.41, 5.74) is 5.93. The van der Waals surface area contributed by atoms with E-state index in [1.54, 1.807) is 0 Å². The summed E-state index contributed by atoms with van der Waals surface area (Å²) in [4.78, 5) is 11.9. The van der Waals surface area contributed by atoms with Gasteiger partial charge in [-0.1, -0.05) is 18.5 Å². The Kier molecular flexibility index (Phi) is 5.10. The van der Waals surface area contributed by atoms with Crippen molar-refractivity contribution in [2.75, 3.05) is 5.32 Å². The molecule has 0 radical (unpaired) electrons. The van der Waals surface area contributed by atoms with Crippen LogP contribution in [0.4, 0.5) is 10.1 Å². The summed E-state index contributed by atoms with van der Waals surface area (Å²) in [6, 6.07) is 5.38. The van der Waals surface area contributed by atoms with Crippen molar-refractivity contribution in [1.82, 2.24) is 0 Å². The molecule has 0 aliphatic carbocycles. The molecule has 4 N–H and O–H groups in total. The Morgan fingerprint density at radius 1 is 1.50 bits per heavy atom. The Hall–Kier alpha value is -2.11. The van der Waals surface area contributed by atoms with Crippen LogP contribution >= 0.6 is 0 Å². The Morgan fingerprint density at radius 3 is 2.61 bits per heavy atom. The van der Waals surface area contributed by atoms with Crippen molar-refractivity contribution in [3.8, 4) is 0 Å². The lowest BCUT2D eigenvalue weighted by molar-refractivity contribution is -0.118. The standard InChI is InChI=1S/C12H16FN3O2/c1-2-3-10(11(14)16-18)12(17)15-9-6-4-8(13)5-7-9/h4-7,10,18H,2-3H2,1H3,(H2,14,16)(H,15,17). The first-order valence-corrected chi connectivity index (χ1v) is 5.62. The van der Waals surface area contributed by atoms with Crippen molar-refractivity contribution in [2.45, 2.75) is 19.8 Å². The molecule has 0 saturated carbocycles. The zero-order chi connectivity index (χ0) is 13.5. The zero-order valence-electron chi connectivity index (χ0n) is 10.1. The molecule has 1 aromatic carbocycles. The highest BCUT2D eigenvalue weighted by atomic mass is 19.1. The molecule has 18 heavy (non-hydrogen) atoms. The van der Waals surface area contributed by atoms with E-state index >= 15 is 0 Å². The molecule has 0 aliphatic heterocycles. The number of nitrogens with two attached hydrogens (primary N) is 1. The quantitative estimate of drug-likeness (QED) is 0.324. The topological polar surface area (TPSA) is 87.7 Å². The van der Waals surface area contributed by atoms with Crippen LogP contribution in [0.3, 0.4) is 0 Å². The first kappa shape index (κ1) is 14.0. The van der Waals surface area contributed by atoms with Gasteiger partial charge in [0.2, 0.25) is 5.91 Å². The summed E-state index contributed by atoms with van der Waals surface area (Å²) >= 11 is 0. The van der Waals surface area contributed by atoms with Crippen LogP contribution in [0.5, 0.6) is 0 Å². The van der Waals surface area contributed by atoms with E-state index in [-0.39, 0.29) is 17.6 Å². The van der Waals surface area contributed by atoms with Crippen LogP contribution in [0.1, 0.15) is 19.8 Å². The number of carbonyl (C=O) groups excluding carboxylic acids is 1. The molecule has 6 heteroatoms. The minimum atomic E-state index is -0.690. The number of rotatable bonds is 5. The Balaban J connectivity index is 2.75. The molecule has 1 aromatic rings. The lowest BCUT2D eigenvalue weighted by Crippen LogP contribution is -2.34. The van der Waals surface area contributed by atoms with E-state index in [1.165, 1.54) is 24.3 Å². The van der Waals surface area contributed by atoms with Crippen LogP contribution < -0.4 is 11.1 Å². The molecule has 0 aromatic heterocycles. The van der Waals surface area contributed by atoms with Crippen molar-refractivity contribution in [1.29, 1.82) is 0 Å². The second kappa shape index (κ2) is 6.58. The van der Waals surface area contributed by atoms with Gasteiger partial charge in [0.15, 0.2) is 5.84 Å². The third-order valence-electron chi connectivity index (χ3n) is 2.48. The molecule has 0 fully saturated rings. The molecule has 1 unspecified atom stereocenters. The lowest BCUT2D eigenvalue weighted by Gasteiger charge is -2.14. The van der Waals surface area contributed by atoms with Gasteiger partial charge in [-0.15, -0.1) is 0 Å². The van der Waals surface area contributed by atoms with E-state index in [0.29, 0.717) is 12.1 Å². The maximum absolute atomic E-state index is 12.7. The van der Waals surface area contributed by atoms with Crippen molar-refractivity contribution < 1.29 is 14.4 Å². The average Bonchev–Trinajstić information content (AvgIpc) is 2.37. The smallest absolute Gasteiger partial charge is 0.235 e. The van der Waals surface area contributed by atoms with Gasteiger partial charge in [0.1, 0.15) is 5.82 Å². The molecule has 0 saturated heterocycles. The molecule has 1 rings (SSSR count). The Morgan fingerprint density at radius 2 is 2.11 bits per heavy atom. The molecule has 0 spiro atoms. The third-order valence-corrected chi connectivity index (χ3v) is 2.48. The van der Waals surface area contributed by atoms with Gasteiger partial charge in [-0.25, -0.2) is 4.39 Å². The highest BCUT2D eigenvalue weighted by molar-refractivity contribution is 6.07. The summed E-state index contributed by atoms with van der Waals surface area (Å²) in [7, 11) is 0. The van der Waals surface area contributed by atoms with Crippen LogP contribution in [0.15, 0.2) is 29.4 Å². The molecule has 1 amide bonds. The number of hydrogen-bond donors (Lipinski definition) is 3. The number of nitrogens with zero attached hydrogens (tertiary/aromatic N) is 1. The van der Waals surface area contributed by atoms with Gasteiger partial charge in [0, 0.05) is 5.69 Å². The van der Waals surface area contributed by atoms with Crippen LogP contribution in [0.25, 0.3) is 0 Å². The van der Waals surface area contributed by atoms with Gasteiger partial charge in [-0.3, -0.25) is 4.79 Å². The van der Waals surface area contributed by atoms with Crippen molar-refractivity contribution >= 4 is 17.4 Å². The number of halogens is 1. The molecular weight excluding hydrogens is 237 g/mol. The fraction of sp³-hybridized carbons (Fsp3) is 0.333. The summed E-state index contributed by atoms with van der Waals surface area (Å²) in [5.74, 6) is -1.57. The Labute approximate surface area is 104 Å². The van der Waals surface area contributed by atoms with Crippen LogP contribution in [-0.2, 0) is 4.79 Å². The minimum absolute atomic E-state index is 0.128. The van der Waals surface area contributed by atoms with E-state index < -0.39 is 5.92 Å². The van der Waals surface area contributed by atoms with Gasteiger partial charge in [0.25, 0.3) is 0 Å². The zero-order valence-corrected chi connectivity index (χ0v) is 10.1.